The van der Waals surface area contributed by atoms with E-state index in [0.29, 0.717) is 11.4 Å². The number of ether oxygens (including phenoxy) is 1. The largest absolute Gasteiger partial charge is 0.507 e. The molecule has 1 saturated heterocycles. The van der Waals surface area contributed by atoms with Crippen molar-refractivity contribution in [2.24, 2.45) is 0 Å². The van der Waals surface area contributed by atoms with E-state index in [0.717, 1.165) is 11.1 Å². The molecule has 168 valence electrons. The molecular weight excluding hydrogens is 445 g/mol. The normalized spacial score (nSPS) is 17.5. The lowest BCUT2D eigenvalue weighted by Crippen LogP contribution is -2.30. The van der Waals surface area contributed by atoms with Crippen molar-refractivity contribution in [1.29, 1.82) is 0 Å². The number of ketones is 1. The summed E-state index contributed by atoms with van der Waals surface area (Å²) >= 11 is 6.20. The average molecular weight is 466 g/mol. The van der Waals surface area contributed by atoms with E-state index in [-0.39, 0.29) is 21.7 Å². The predicted molar refractivity (Wildman–Crippen MR) is 125 cm³/mol. The van der Waals surface area contributed by atoms with Gasteiger partial charge in [0.1, 0.15) is 17.3 Å². The van der Waals surface area contributed by atoms with Crippen molar-refractivity contribution >= 4 is 34.7 Å². The van der Waals surface area contributed by atoms with Gasteiger partial charge in [-0.3, -0.25) is 14.5 Å². The molecule has 33 heavy (non-hydrogen) atoms. The third kappa shape index (κ3) is 3.87. The highest BCUT2D eigenvalue weighted by Gasteiger charge is 2.47. The first kappa shape index (κ1) is 22.6. The van der Waals surface area contributed by atoms with Gasteiger partial charge >= 0.3 is 0 Å². The highest BCUT2D eigenvalue weighted by molar-refractivity contribution is 6.51. The summed E-state index contributed by atoms with van der Waals surface area (Å²) in [4.78, 5) is 27.6. The number of carbonyl (C=O) groups excluding carboxylic acids is 2. The number of hydrogen-bond acceptors (Lipinski definition) is 4. The zero-order valence-corrected chi connectivity index (χ0v) is 19.0. The summed E-state index contributed by atoms with van der Waals surface area (Å²) in [5.74, 6) is -2.43. The van der Waals surface area contributed by atoms with Crippen molar-refractivity contribution in [2.45, 2.75) is 19.9 Å². The topological polar surface area (TPSA) is 66.8 Å². The standard InChI is InChI=1S/C26H21ClFNO4/c1-14-8-10-17(12-15(14)2)29-23(18-6-4-5-7-20(18)28)22(25(31)26(29)32)24(30)16-9-11-21(33-3)19(27)13-16/h4-13,23,30H,1-3H3/b24-22+. The van der Waals surface area contributed by atoms with Crippen molar-refractivity contribution in [3.8, 4) is 5.75 Å². The maximum atomic E-state index is 14.9. The summed E-state index contributed by atoms with van der Waals surface area (Å²) in [6, 6.07) is 14.5. The molecule has 0 aromatic heterocycles. The molecule has 0 bridgehead atoms. The average Bonchev–Trinajstić information content (AvgIpc) is 3.06. The van der Waals surface area contributed by atoms with Gasteiger partial charge in [-0.15, -0.1) is 0 Å². The Morgan fingerprint density at radius 3 is 2.39 bits per heavy atom. The van der Waals surface area contributed by atoms with Gasteiger partial charge in [0.2, 0.25) is 0 Å². The molecule has 0 aliphatic carbocycles. The third-order valence-corrected chi connectivity index (χ3v) is 6.13. The number of halogens is 2. The lowest BCUT2D eigenvalue weighted by molar-refractivity contribution is -0.132. The van der Waals surface area contributed by atoms with Crippen molar-refractivity contribution in [2.75, 3.05) is 12.0 Å². The fourth-order valence-corrected chi connectivity index (χ4v) is 4.19. The number of aliphatic hydroxyl groups is 1. The molecule has 3 aromatic rings. The molecule has 4 rings (SSSR count). The minimum atomic E-state index is -1.16. The maximum Gasteiger partial charge on any atom is 0.300 e. The second-order valence-corrected chi connectivity index (χ2v) is 8.22. The number of aryl methyl sites for hydroxylation is 2. The summed E-state index contributed by atoms with van der Waals surface area (Å²) in [5.41, 5.74) is 2.43. The first-order chi connectivity index (χ1) is 15.7. The second kappa shape index (κ2) is 8.71. The Morgan fingerprint density at radius 1 is 1.03 bits per heavy atom. The van der Waals surface area contributed by atoms with Crippen LogP contribution in [-0.4, -0.2) is 23.9 Å². The van der Waals surface area contributed by atoms with Gasteiger partial charge in [0, 0.05) is 16.8 Å². The number of rotatable bonds is 4. The number of Topliss-reactive ketones (excluding diaryl/α,β-unsaturated/α-hetero) is 1. The number of aliphatic hydroxyl groups excluding tert-OH is 1. The van der Waals surface area contributed by atoms with E-state index in [9.17, 15) is 19.1 Å². The van der Waals surface area contributed by atoms with E-state index < -0.39 is 29.3 Å². The van der Waals surface area contributed by atoms with E-state index in [1.165, 1.54) is 48.4 Å². The fraction of sp³-hybridized carbons (Fsp3) is 0.154. The molecule has 1 unspecified atom stereocenters. The fourth-order valence-electron chi connectivity index (χ4n) is 3.93. The lowest BCUT2D eigenvalue weighted by Gasteiger charge is -2.26. The van der Waals surface area contributed by atoms with Crippen molar-refractivity contribution in [3.05, 3.63) is 99.3 Å². The Hall–Kier alpha value is -3.64. The molecule has 1 atom stereocenters. The Balaban J connectivity index is 1.97. The number of hydrogen-bond donors (Lipinski definition) is 1. The van der Waals surface area contributed by atoms with Crippen LogP contribution in [0.25, 0.3) is 5.76 Å². The minimum Gasteiger partial charge on any atom is -0.507 e. The SMILES string of the molecule is COc1ccc(/C(O)=C2\C(=O)C(=O)N(c3ccc(C)c(C)c3)C2c2ccccc2F)cc1Cl. The van der Waals surface area contributed by atoms with Crippen molar-refractivity contribution in [3.63, 3.8) is 0 Å². The highest BCUT2D eigenvalue weighted by atomic mass is 35.5. The van der Waals surface area contributed by atoms with Crippen molar-refractivity contribution < 1.29 is 23.8 Å². The number of benzene rings is 3. The summed E-state index contributed by atoms with van der Waals surface area (Å²) < 4.78 is 20.1. The number of anilines is 1. The smallest absolute Gasteiger partial charge is 0.300 e. The van der Waals surface area contributed by atoms with Crippen LogP contribution in [0.1, 0.15) is 28.3 Å². The molecule has 0 radical (unpaired) electrons. The van der Waals surface area contributed by atoms with Crippen LogP contribution < -0.4 is 9.64 Å². The Kier molecular flexibility index (Phi) is 5.95. The van der Waals surface area contributed by atoms with Crippen LogP contribution in [0.15, 0.2) is 66.2 Å². The van der Waals surface area contributed by atoms with Gasteiger partial charge in [-0.1, -0.05) is 35.9 Å². The molecule has 5 nitrogen and oxygen atoms in total. The number of amides is 1. The van der Waals surface area contributed by atoms with Crippen molar-refractivity contribution in [1.82, 2.24) is 0 Å². The molecule has 1 aliphatic heterocycles. The van der Waals surface area contributed by atoms with Gasteiger partial charge in [0.25, 0.3) is 11.7 Å². The van der Waals surface area contributed by atoms with E-state index in [4.69, 9.17) is 16.3 Å². The molecule has 0 spiro atoms. The van der Waals surface area contributed by atoms with E-state index in [1.54, 1.807) is 18.2 Å². The first-order valence-electron chi connectivity index (χ1n) is 10.2. The summed E-state index contributed by atoms with van der Waals surface area (Å²) in [5, 5.41) is 11.4. The Morgan fingerprint density at radius 2 is 1.76 bits per heavy atom. The third-order valence-electron chi connectivity index (χ3n) is 5.84. The van der Waals surface area contributed by atoms with Crippen LogP contribution >= 0.6 is 11.6 Å². The zero-order valence-electron chi connectivity index (χ0n) is 18.2. The monoisotopic (exact) mass is 465 g/mol. The molecule has 1 fully saturated rings. The molecule has 1 N–H and O–H groups in total. The minimum absolute atomic E-state index is 0.0936. The molecule has 7 heteroatoms. The van der Waals surface area contributed by atoms with Crippen LogP contribution in [0.2, 0.25) is 5.02 Å². The predicted octanol–water partition coefficient (Wildman–Crippen LogP) is 5.73. The van der Waals surface area contributed by atoms with E-state index in [2.05, 4.69) is 0 Å². The van der Waals surface area contributed by atoms with Gasteiger partial charge < -0.3 is 9.84 Å². The van der Waals surface area contributed by atoms with Crippen LogP contribution in [0.3, 0.4) is 0 Å². The van der Waals surface area contributed by atoms with Gasteiger partial charge in [0.05, 0.1) is 23.7 Å². The maximum absolute atomic E-state index is 14.9. The van der Waals surface area contributed by atoms with Crippen LogP contribution in [0, 0.1) is 19.7 Å². The number of nitrogens with zero attached hydrogens (tertiary/aromatic N) is 1. The summed E-state index contributed by atoms with van der Waals surface area (Å²) in [7, 11) is 1.45. The van der Waals surface area contributed by atoms with Crippen LogP contribution in [-0.2, 0) is 9.59 Å². The highest BCUT2D eigenvalue weighted by Crippen LogP contribution is 2.43. The second-order valence-electron chi connectivity index (χ2n) is 7.81. The molecular formula is C26H21ClFNO4. The van der Waals surface area contributed by atoms with Crippen LogP contribution in [0.4, 0.5) is 10.1 Å². The molecule has 1 aliphatic rings. The first-order valence-corrected chi connectivity index (χ1v) is 10.6. The van der Waals surface area contributed by atoms with Gasteiger partial charge in [0.15, 0.2) is 0 Å². The van der Waals surface area contributed by atoms with E-state index >= 15 is 0 Å². The Labute approximate surface area is 195 Å². The molecule has 0 saturated carbocycles. The van der Waals surface area contributed by atoms with Gasteiger partial charge in [-0.25, -0.2) is 4.39 Å². The van der Waals surface area contributed by atoms with Gasteiger partial charge in [-0.05, 0) is 61.4 Å². The quantitative estimate of drug-likeness (QED) is 0.303. The molecule has 3 aromatic carbocycles. The lowest BCUT2D eigenvalue weighted by atomic mass is 9.94. The summed E-state index contributed by atoms with van der Waals surface area (Å²) in [6.45, 7) is 3.81. The van der Waals surface area contributed by atoms with E-state index in [1.807, 2.05) is 19.9 Å². The number of methoxy groups -OCH3 is 1. The molecule has 1 amide bonds. The Bertz CT molecular complexity index is 1320. The van der Waals surface area contributed by atoms with Crippen LogP contribution in [0.5, 0.6) is 5.75 Å². The molecule has 1 heterocycles. The summed E-state index contributed by atoms with van der Waals surface area (Å²) in [6.07, 6.45) is 0. The number of carbonyl (C=O) groups is 2. The van der Waals surface area contributed by atoms with Gasteiger partial charge in [-0.2, -0.15) is 0 Å². The zero-order chi connectivity index (χ0) is 23.9.